The molecule has 0 radical (unpaired) electrons. The average Bonchev–Trinajstić information content (AvgIpc) is 3.23. The predicted octanol–water partition coefficient (Wildman–Crippen LogP) is 5.86. The molecule has 0 spiro atoms. The molecule has 5 nitrogen and oxygen atoms in total. The first-order valence-corrected chi connectivity index (χ1v) is 10.3. The molecule has 150 valence electrons. The van der Waals surface area contributed by atoms with Crippen molar-refractivity contribution in [2.45, 2.75) is 39.0 Å². The van der Waals surface area contributed by atoms with Gasteiger partial charge in [-0.25, -0.2) is 4.98 Å². The highest BCUT2D eigenvalue weighted by molar-refractivity contribution is 5.62. The van der Waals surface area contributed by atoms with E-state index in [-0.39, 0.29) is 5.41 Å². The number of anilines is 5. The lowest BCUT2D eigenvalue weighted by molar-refractivity contribution is 0.590. The summed E-state index contributed by atoms with van der Waals surface area (Å²) in [6, 6.07) is 18.9. The third kappa shape index (κ3) is 4.86. The van der Waals surface area contributed by atoms with Crippen LogP contribution in [0.3, 0.4) is 0 Å². The summed E-state index contributed by atoms with van der Waals surface area (Å²) >= 11 is 0. The van der Waals surface area contributed by atoms with Crippen LogP contribution in [0, 0.1) is 0 Å². The lowest BCUT2D eigenvalue weighted by Crippen LogP contribution is -2.17. The zero-order valence-electron chi connectivity index (χ0n) is 17.4. The second-order valence-electron chi connectivity index (χ2n) is 8.58. The zero-order chi connectivity index (χ0) is 20.3. The Balaban J connectivity index is 1.42. The molecule has 0 atom stereocenters. The van der Waals surface area contributed by atoms with Gasteiger partial charge in [-0.05, 0) is 66.3 Å². The lowest BCUT2D eigenvalue weighted by atomic mass is 9.87. The number of nitrogens with zero attached hydrogens (tertiary/aromatic N) is 3. The molecule has 2 N–H and O–H groups in total. The Morgan fingerprint density at radius 2 is 1.41 bits per heavy atom. The van der Waals surface area contributed by atoms with Gasteiger partial charge in [0.2, 0.25) is 5.95 Å². The van der Waals surface area contributed by atoms with E-state index in [1.54, 1.807) is 6.20 Å². The largest absolute Gasteiger partial charge is 0.372 e. The van der Waals surface area contributed by atoms with Crippen LogP contribution in [0.15, 0.2) is 60.8 Å². The van der Waals surface area contributed by atoms with Crippen LogP contribution in [-0.4, -0.2) is 23.1 Å². The molecule has 0 aliphatic carbocycles. The molecule has 0 amide bonds. The third-order valence-electron chi connectivity index (χ3n) is 5.27. The standard InChI is InChI=1S/C24H29N5/c1-24(2,3)18-6-8-20(9-7-18)27-23-25-15-14-22(28-23)26-19-10-12-21(13-11-19)29-16-4-5-17-29/h6-15H,4-5,16-17H2,1-3H3,(H2,25,26,27,28). The van der Waals surface area contributed by atoms with Crippen LogP contribution in [0.5, 0.6) is 0 Å². The average molecular weight is 388 g/mol. The number of hydrogen-bond acceptors (Lipinski definition) is 5. The monoisotopic (exact) mass is 387 g/mol. The van der Waals surface area contributed by atoms with E-state index >= 15 is 0 Å². The first kappa shape index (κ1) is 19.2. The summed E-state index contributed by atoms with van der Waals surface area (Å²) in [5, 5.41) is 6.65. The van der Waals surface area contributed by atoms with Crippen LogP contribution in [0.2, 0.25) is 0 Å². The fourth-order valence-corrected chi connectivity index (χ4v) is 3.55. The first-order chi connectivity index (χ1) is 14.0. The van der Waals surface area contributed by atoms with Gasteiger partial charge in [-0.3, -0.25) is 0 Å². The minimum absolute atomic E-state index is 0.142. The van der Waals surface area contributed by atoms with Crippen LogP contribution in [0.4, 0.5) is 28.8 Å². The molecule has 1 fully saturated rings. The predicted molar refractivity (Wildman–Crippen MR) is 122 cm³/mol. The lowest BCUT2D eigenvalue weighted by Gasteiger charge is -2.19. The van der Waals surface area contributed by atoms with Crippen molar-refractivity contribution >= 4 is 28.8 Å². The summed E-state index contributed by atoms with van der Waals surface area (Å²) in [5.74, 6) is 1.34. The molecule has 2 aromatic carbocycles. The van der Waals surface area contributed by atoms with Crippen LogP contribution in [0.25, 0.3) is 0 Å². The molecule has 1 aliphatic rings. The van der Waals surface area contributed by atoms with Crippen LogP contribution >= 0.6 is 0 Å². The molecular weight excluding hydrogens is 358 g/mol. The summed E-state index contributed by atoms with van der Waals surface area (Å²) in [4.78, 5) is 11.4. The van der Waals surface area contributed by atoms with Gasteiger partial charge < -0.3 is 15.5 Å². The van der Waals surface area contributed by atoms with Gasteiger partial charge in [0.25, 0.3) is 0 Å². The Morgan fingerprint density at radius 3 is 2.07 bits per heavy atom. The molecule has 0 saturated carbocycles. The summed E-state index contributed by atoms with van der Waals surface area (Å²) in [6.45, 7) is 8.96. The Labute approximate surface area is 173 Å². The number of benzene rings is 2. The van der Waals surface area contributed by atoms with Crippen molar-refractivity contribution in [3.05, 3.63) is 66.4 Å². The van der Waals surface area contributed by atoms with Crippen molar-refractivity contribution in [1.82, 2.24) is 9.97 Å². The summed E-state index contributed by atoms with van der Waals surface area (Å²) in [5.41, 5.74) is 4.73. The smallest absolute Gasteiger partial charge is 0.229 e. The van der Waals surface area contributed by atoms with E-state index in [1.807, 2.05) is 6.07 Å². The molecule has 29 heavy (non-hydrogen) atoms. The molecule has 1 aromatic heterocycles. The number of aromatic nitrogens is 2. The van der Waals surface area contributed by atoms with E-state index in [2.05, 4.69) is 94.8 Å². The van der Waals surface area contributed by atoms with Crippen LogP contribution in [0.1, 0.15) is 39.2 Å². The number of rotatable bonds is 5. The van der Waals surface area contributed by atoms with Gasteiger partial charge in [0.15, 0.2) is 0 Å². The summed E-state index contributed by atoms with van der Waals surface area (Å²) in [7, 11) is 0. The molecule has 1 saturated heterocycles. The Hall–Kier alpha value is -3.08. The van der Waals surface area contributed by atoms with E-state index in [4.69, 9.17) is 0 Å². The maximum absolute atomic E-state index is 4.59. The zero-order valence-corrected chi connectivity index (χ0v) is 17.4. The van der Waals surface area contributed by atoms with Gasteiger partial charge in [-0.15, -0.1) is 0 Å². The normalized spacial score (nSPS) is 14.1. The maximum Gasteiger partial charge on any atom is 0.229 e. The van der Waals surface area contributed by atoms with Crippen molar-refractivity contribution in [3.63, 3.8) is 0 Å². The molecule has 4 rings (SSSR count). The van der Waals surface area contributed by atoms with Crippen molar-refractivity contribution in [2.75, 3.05) is 28.6 Å². The van der Waals surface area contributed by atoms with Gasteiger partial charge in [-0.2, -0.15) is 4.98 Å². The van der Waals surface area contributed by atoms with Gasteiger partial charge in [0.1, 0.15) is 5.82 Å². The van der Waals surface area contributed by atoms with E-state index in [9.17, 15) is 0 Å². The van der Waals surface area contributed by atoms with Crippen molar-refractivity contribution < 1.29 is 0 Å². The second-order valence-corrected chi connectivity index (χ2v) is 8.58. The Morgan fingerprint density at radius 1 is 0.793 bits per heavy atom. The van der Waals surface area contributed by atoms with Gasteiger partial charge in [0.05, 0.1) is 0 Å². The fourth-order valence-electron chi connectivity index (χ4n) is 3.55. The molecule has 3 aromatic rings. The van der Waals surface area contributed by atoms with E-state index in [0.717, 1.165) is 30.3 Å². The Bertz CT molecular complexity index is 936. The maximum atomic E-state index is 4.59. The third-order valence-corrected chi connectivity index (χ3v) is 5.27. The van der Waals surface area contributed by atoms with Crippen molar-refractivity contribution in [3.8, 4) is 0 Å². The minimum atomic E-state index is 0.142. The summed E-state index contributed by atoms with van der Waals surface area (Å²) < 4.78 is 0. The van der Waals surface area contributed by atoms with Crippen molar-refractivity contribution in [1.29, 1.82) is 0 Å². The topological polar surface area (TPSA) is 53.1 Å². The van der Waals surface area contributed by atoms with Gasteiger partial charge >= 0.3 is 0 Å². The number of hydrogen-bond donors (Lipinski definition) is 2. The van der Waals surface area contributed by atoms with Crippen LogP contribution < -0.4 is 15.5 Å². The minimum Gasteiger partial charge on any atom is -0.372 e. The van der Waals surface area contributed by atoms with Gasteiger partial charge in [-0.1, -0.05) is 32.9 Å². The van der Waals surface area contributed by atoms with Crippen molar-refractivity contribution in [2.24, 2.45) is 0 Å². The van der Waals surface area contributed by atoms with E-state index < -0.39 is 0 Å². The molecule has 2 heterocycles. The molecule has 5 heteroatoms. The molecule has 0 bridgehead atoms. The van der Waals surface area contributed by atoms with E-state index in [0.29, 0.717) is 5.95 Å². The first-order valence-electron chi connectivity index (χ1n) is 10.3. The van der Waals surface area contributed by atoms with E-state index in [1.165, 1.54) is 24.1 Å². The Kier molecular flexibility index (Phi) is 5.38. The number of nitrogens with one attached hydrogen (secondary N) is 2. The summed E-state index contributed by atoms with van der Waals surface area (Å²) in [6.07, 6.45) is 4.34. The molecular formula is C24H29N5. The molecule has 0 unspecified atom stereocenters. The van der Waals surface area contributed by atoms with Gasteiger partial charge in [0, 0.05) is 36.3 Å². The molecule has 1 aliphatic heterocycles. The fraction of sp³-hybridized carbons (Fsp3) is 0.333. The van der Waals surface area contributed by atoms with Crippen LogP contribution in [-0.2, 0) is 5.41 Å². The highest BCUT2D eigenvalue weighted by Crippen LogP contribution is 2.26. The highest BCUT2D eigenvalue weighted by Gasteiger charge is 2.13. The SMILES string of the molecule is CC(C)(C)c1ccc(Nc2nccc(Nc3ccc(N4CCCC4)cc3)n2)cc1. The quantitative estimate of drug-likeness (QED) is 0.574. The second kappa shape index (κ2) is 8.11. The highest BCUT2D eigenvalue weighted by atomic mass is 15.1.